The molecule has 4 N–H and O–H groups in total. The van der Waals surface area contributed by atoms with Crippen LogP contribution in [0.2, 0.25) is 0 Å². The zero-order chi connectivity index (χ0) is 15.4. The maximum Gasteiger partial charge on any atom is 0.170 e. The van der Waals surface area contributed by atoms with Gasteiger partial charge in [0.15, 0.2) is 5.84 Å². The lowest BCUT2D eigenvalue weighted by Crippen LogP contribution is -2.41. The van der Waals surface area contributed by atoms with E-state index in [-0.39, 0.29) is 17.9 Å². The molecule has 2 rings (SSSR count). The SMILES string of the molecule is COc1ccc(/C(N)=N/O)cc1CN1CCC(O)C(C)C1. The standard InChI is InChI=1S/C15H23N3O3/c1-10-8-18(6-5-13(10)19)9-12-7-11(15(16)17-20)3-4-14(12)21-2/h3-4,7,10,13,19-20H,5-6,8-9H2,1-2H3,(H2,16,17). The quantitative estimate of drug-likeness (QED) is 0.333. The van der Waals surface area contributed by atoms with Gasteiger partial charge >= 0.3 is 0 Å². The predicted octanol–water partition coefficient (Wildman–Crippen LogP) is 0.992. The van der Waals surface area contributed by atoms with Crippen molar-refractivity contribution in [2.45, 2.75) is 26.0 Å². The van der Waals surface area contributed by atoms with Crippen molar-refractivity contribution in [3.8, 4) is 5.75 Å². The number of benzene rings is 1. The van der Waals surface area contributed by atoms with Crippen molar-refractivity contribution in [2.24, 2.45) is 16.8 Å². The number of amidine groups is 1. The molecule has 2 atom stereocenters. The number of piperidine rings is 1. The van der Waals surface area contributed by atoms with E-state index in [2.05, 4.69) is 17.0 Å². The predicted molar refractivity (Wildman–Crippen MR) is 80.6 cm³/mol. The van der Waals surface area contributed by atoms with Gasteiger partial charge in [-0.15, -0.1) is 0 Å². The second-order valence-electron chi connectivity index (χ2n) is 5.58. The van der Waals surface area contributed by atoms with Crippen LogP contribution in [0.3, 0.4) is 0 Å². The van der Waals surface area contributed by atoms with E-state index in [9.17, 15) is 5.11 Å². The Labute approximate surface area is 124 Å². The number of oxime groups is 1. The average Bonchev–Trinajstić information content (AvgIpc) is 2.50. The first-order valence-electron chi connectivity index (χ1n) is 7.10. The molecule has 2 unspecified atom stereocenters. The minimum atomic E-state index is -0.216. The Morgan fingerprint density at radius 1 is 1.52 bits per heavy atom. The molecule has 0 saturated carbocycles. The van der Waals surface area contributed by atoms with Crippen LogP contribution in [-0.2, 0) is 6.54 Å². The first-order valence-corrected chi connectivity index (χ1v) is 7.10. The Hall–Kier alpha value is -1.79. The second kappa shape index (κ2) is 6.78. The van der Waals surface area contributed by atoms with Gasteiger partial charge in [-0.25, -0.2) is 0 Å². The average molecular weight is 293 g/mol. The van der Waals surface area contributed by atoms with Crippen molar-refractivity contribution in [1.82, 2.24) is 4.90 Å². The van der Waals surface area contributed by atoms with Crippen LogP contribution >= 0.6 is 0 Å². The van der Waals surface area contributed by atoms with E-state index in [4.69, 9.17) is 15.7 Å². The third kappa shape index (κ3) is 3.65. The highest BCUT2D eigenvalue weighted by Crippen LogP contribution is 2.24. The van der Waals surface area contributed by atoms with E-state index in [0.717, 1.165) is 30.8 Å². The highest BCUT2D eigenvalue weighted by Gasteiger charge is 2.24. The summed E-state index contributed by atoms with van der Waals surface area (Å²) in [7, 11) is 1.63. The molecule has 0 aromatic heterocycles. The molecule has 1 saturated heterocycles. The van der Waals surface area contributed by atoms with Crippen LogP contribution in [0.5, 0.6) is 5.75 Å². The first kappa shape index (κ1) is 15.6. The number of likely N-dealkylation sites (tertiary alicyclic amines) is 1. The van der Waals surface area contributed by atoms with Gasteiger partial charge in [0.1, 0.15) is 5.75 Å². The lowest BCUT2D eigenvalue weighted by molar-refractivity contribution is 0.0318. The van der Waals surface area contributed by atoms with E-state index in [1.807, 2.05) is 12.1 Å². The molecule has 1 aliphatic rings. The monoisotopic (exact) mass is 293 g/mol. The van der Waals surface area contributed by atoms with Gasteiger partial charge in [0.05, 0.1) is 13.2 Å². The number of ether oxygens (including phenoxy) is 1. The summed E-state index contributed by atoms with van der Waals surface area (Å²) in [5, 5.41) is 21.6. The fourth-order valence-electron chi connectivity index (χ4n) is 2.72. The Balaban J connectivity index is 2.18. The van der Waals surface area contributed by atoms with Crippen LogP contribution in [0, 0.1) is 5.92 Å². The van der Waals surface area contributed by atoms with Crippen molar-refractivity contribution in [3.63, 3.8) is 0 Å². The summed E-state index contributed by atoms with van der Waals surface area (Å²) in [6.45, 7) is 4.47. The molecule has 6 nitrogen and oxygen atoms in total. The fourth-order valence-corrected chi connectivity index (χ4v) is 2.72. The van der Waals surface area contributed by atoms with E-state index in [0.29, 0.717) is 12.1 Å². The number of aliphatic hydroxyl groups is 1. The van der Waals surface area contributed by atoms with Crippen molar-refractivity contribution < 1.29 is 15.1 Å². The van der Waals surface area contributed by atoms with Gasteiger partial charge in [0.2, 0.25) is 0 Å². The summed E-state index contributed by atoms with van der Waals surface area (Å²) in [5.41, 5.74) is 7.30. The number of methoxy groups -OCH3 is 1. The Morgan fingerprint density at radius 2 is 2.29 bits per heavy atom. The maximum atomic E-state index is 9.80. The molecule has 116 valence electrons. The highest BCUT2D eigenvalue weighted by atomic mass is 16.5. The molecular formula is C15H23N3O3. The van der Waals surface area contributed by atoms with Crippen LogP contribution in [0.15, 0.2) is 23.4 Å². The van der Waals surface area contributed by atoms with Gasteiger partial charge in [-0.2, -0.15) is 0 Å². The number of nitrogens with two attached hydrogens (primary N) is 1. The largest absolute Gasteiger partial charge is 0.496 e. The van der Waals surface area contributed by atoms with Crippen LogP contribution in [-0.4, -0.2) is 47.4 Å². The molecule has 1 aliphatic heterocycles. The molecule has 0 amide bonds. The Morgan fingerprint density at radius 3 is 2.90 bits per heavy atom. The van der Waals surface area contributed by atoms with Gasteiger partial charge in [-0.1, -0.05) is 12.1 Å². The summed E-state index contributed by atoms with van der Waals surface area (Å²) < 4.78 is 5.38. The van der Waals surface area contributed by atoms with E-state index < -0.39 is 0 Å². The van der Waals surface area contributed by atoms with E-state index in [1.54, 1.807) is 13.2 Å². The van der Waals surface area contributed by atoms with Gasteiger partial charge in [0.25, 0.3) is 0 Å². The van der Waals surface area contributed by atoms with Gasteiger partial charge < -0.3 is 20.8 Å². The van der Waals surface area contributed by atoms with Crippen molar-refractivity contribution >= 4 is 5.84 Å². The number of rotatable bonds is 4. The first-order chi connectivity index (χ1) is 10.0. The zero-order valence-corrected chi connectivity index (χ0v) is 12.5. The molecule has 1 fully saturated rings. The third-order valence-corrected chi connectivity index (χ3v) is 4.02. The molecule has 1 aromatic carbocycles. The Kier molecular flexibility index (Phi) is 5.03. The van der Waals surface area contributed by atoms with Crippen LogP contribution in [0.4, 0.5) is 0 Å². The number of hydrogen-bond donors (Lipinski definition) is 3. The van der Waals surface area contributed by atoms with Crippen molar-refractivity contribution in [2.75, 3.05) is 20.2 Å². The lowest BCUT2D eigenvalue weighted by Gasteiger charge is -2.34. The minimum Gasteiger partial charge on any atom is -0.496 e. The lowest BCUT2D eigenvalue weighted by atomic mass is 9.96. The van der Waals surface area contributed by atoms with Crippen LogP contribution in [0.1, 0.15) is 24.5 Å². The molecule has 1 heterocycles. The summed E-state index contributed by atoms with van der Waals surface area (Å²) in [4.78, 5) is 2.28. The second-order valence-corrected chi connectivity index (χ2v) is 5.58. The summed E-state index contributed by atoms with van der Waals surface area (Å²) in [6, 6.07) is 5.47. The van der Waals surface area contributed by atoms with Gasteiger partial charge in [0, 0.05) is 30.8 Å². The molecule has 1 aromatic rings. The molecule has 0 aliphatic carbocycles. The highest BCUT2D eigenvalue weighted by molar-refractivity contribution is 5.97. The maximum absolute atomic E-state index is 9.80. The smallest absolute Gasteiger partial charge is 0.170 e. The van der Waals surface area contributed by atoms with Crippen LogP contribution < -0.4 is 10.5 Å². The molecule has 0 radical (unpaired) electrons. The summed E-state index contributed by atoms with van der Waals surface area (Å²) in [5.74, 6) is 1.13. The van der Waals surface area contributed by atoms with Crippen molar-refractivity contribution in [1.29, 1.82) is 0 Å². The molecule has 0 spiro atoms. The summed E-state index contributed by atoms with van der Waals surface area (Å²) >= 11 is 0. The van der Waals surface area contributed by atoms with Crippen molar-refractivity contribution in [3.05, 3.63) is 29.3 Å². The van der Waals surface area contributed by atoms with Gasteiger partial charge in [-0.05, 0) is 30.5 Å². The molecule has 0 bridgehead atoms. The summed E-state index contributed by atoms with van der Waals surface area (Å²) in [6.07, 6.45) is 0.565. The number of nitrogens with zero attached hydrogens (tertiary/aromatic N) is 2. The van der Waals surface area contributed by atoms with E-state index in [1.165, 1.54) is 0 Å². The van der Waals surface area contributed by atoms with E-state index >= 15 is 0 Å². The number of hydrogen-bond acceptors (Lipinski definition) is 5. The van der Waals surface area contributed by atoms with Gasteiger partial charge in [-0.3, -0.25) is 4.90 Å². The molecule has 6 heteroatoms. The minimum absolute atomic E-state index is 0.0846. The normalized spacial score (nSPS) is 24.0. The Bertz CT molecular complexity index is 519. The third-order valence-electron chi connectivity index (χ3n) is 4.02. The van der Waals surface area contributed by atoms with Crippen LogP contribution in [0.25, 0.3) is 0 Å². The number of aliphatic hydroxyl groups excluding tert-OH is 1. The topological polar surface area (TPSA) is 91.3 Å². The molecule has 21 heavy (non-hydrogen) atoms. The molecular weight excluding hydrogens is 270 g/mol. The zero-order valence-electron chi connectivity index (χ0n) is 12.5. The fraction of sp³-hybridized carbons (Fsp3) is 0.533.